The van der Waals surface area contributed by atoms with Crippen molar-refractivity contribution in [3.8, 4) is 10.8 Å². The molecule has 0 radical (unpaired) electrons. The molecule has 18 heavy (non-hydrogen) atoms. The Kier molecular flexibility index (Phi) is 4.89. The third kappa shape index (κ3) is 3.32. The molecule has 100 valence electrons. The molecule has 0 N–H and O–H groups in total. The van der Waals surface area contributed by atoms with Crippen LogP contribution >= 0.6 is 11.3 Å². The Morgan fingerprint density at radius 3 is 2.44 bits per heavy atom. The molecule has 0 bridgehead atoms. The van der Waals surface area contributed by atoms with Crippen molar-refractivity contribution in [3.63, 3.8) is 0 Å². The molecule has 0 saturated heterocycles. The maximum Gasteiger partial charge on any atom is 0.321 e. The molecule has 0 aromatic carbocycles. The Labute approximate surface area is 108 Å². The minimum atomic E-state index is -3.11. The van der Waals surface area contributed by atoms with Gasteiger partial charge in [-0.3, -0.25) is 0 Å². The van der Waals surface area contributed by atoms with E-state index in [0.29, 0.717) is 11.8 Å². The largest absolute Gasteiger partial charge is 0.414 e. The van der Waals surface area contributed by atoms with Crippen LogP contribution in [0.4, 0.5) is 8.78 Å². The SMILES string of the molecule is CC.CCc1ncc(-c2nnc(C(C)(F)F)o2)s1. The van der Waals surface area contributed by atoms with Gasteiger partial charge in [0.25, 0.3) is 11.8 Å². The second-order valence-corrected chi connectivity index (χ2v) is 4.39. The number of halogens is 2. The van der Waals surface area contributed by atoms with Gasteiger partial charge in [-0.2, -0.15) is 8.78 Å². The fourth-order valence-corrected chi connectivity index (χ4v) is 1.85. The molecule has 0 unspecified atom stereocenters. The van der Waals surface area contributed by atoms with Crippen LogP contribution in [0.5, 0.6) is 0 Å². The van der Waals surface area contributed by atoms with Crippen molar-refractivity contribution in [2.45, 2.75) is 40.0 Å². The van der Waals surface area contributed by atoms with Crippen LogP contribution in [0.1, 0.15) is 38.6 Å². The van der Waals surface area contributed by atoms with E-state index in [-0.39, 0.29) is 5.89 Å². The van der Waals surface area contributed by atoms with E-state index in [4.69, 9.17) is 4.42 Å². The number of aromatic nitrogens is 3. The van der Waals surface area contributed by atoms with Crippen LogP contribution < -0.4 is 0 Å². The van der Waals surface area contributed by atoms with Gasteiger partial charge < -0.3 is 4.42 Å². The molecule has 0 aliphatic carbocycles. The highest BCUT2D eigenvalue weighted by Crippen LogP contribution is 2.30. The van der Waals surface area contributed by atoms with Crippen LogP contribution in [0.15, 0.2) is 10.6 Å². The van der Waals surface area contributed by atoms with Gasteiger partial charge in [0.05, 0.1) is 11.2 Å². The van der Waals surface area contributed by atoms with Gasteiger partial charge in [-0.1, -0.05) is 20.8 Å². The molecule has 0 spiro atoms. The number of thiazole rings is 1. The fourth-order valence-electron chi connectivity index (χ4n) is 1.07. The number of hydrogen-bond acceptors (Lipinski definition) is 5. The molecule has 0 aliphatic rings. The van der Waals surface area contributed by atoms with Crippen LogP contribution in [-0.4, -0.2) is 15.2 Å². The van der Waals surface area contributed by atoms with Crippen LogP contribution in [0, 0.1) is 0 Å². The zero-order valence-electron chi connectivity index (χ0n) is 10.7. The van der Waals surface area contributed by atoms with Crippen LogP contribution in [0.2, 0.25) is 0 Å². The molecular weight excluding hydrogens is 260 g/mol. The average molecular weight is 275 g/mol. The van der Waals surface area contributed by atoms with Gasteiger partial charge in [-0.05, 0) is 6.42 Å². The normalized spacial score (nSPS) is 11.0. The topological polar surface area (TPSA) is 51.8 Å². The Bertz CT molecular complexity index is 490. The standard InChI is InChI=1S/C9H9F2N3OS.C2H6/c1-3-6-12-4-5(16-6)7-13-14-8(15-7)9(2,10)11;1-2/h4H,3H2,1-2H3;1-2H3. The molecule has 7 heteroatoms. The third-order valence-electron chi connectivity index (χ3n) is 1.87. The molecule has 2 aromatic rings. The summed E-state index contributed by atoms with van der Waals surface area (Å²) in [5.41, 5.74) is 0. The molecule has 4 nitrogen and oxygen atoms in total. The Hall–Kier alpha value is -1.37. The smallest absolute Gasteiger partial charge is 0.321 e. The first-order chi connectivity index (χ1) is 8.50. The molecule has 0 atom stereocenters. The molecule has 2 heterocycles. The quantitative estimate of drug-likeness (QED) is 0.852. The van der Waals surface area contributed by atoms with Gasteiger partial charge in [0.2, 0.25) is 0 Å². The van der Waals surface area contributed by atoms with Crippen molar-refractivity contribution in [2.24, 2.45) is 0 Å². The summed E-state index contributed by atoms with van der Waals surface area (Å²) < 4.78 is 30.6. The van der Waals surface area contributed by atoms with Crippen molar-refractivity contribution >= 4 is 11.3 Å². The van der Waals surface area contributed by atoms with Crippen LogP contribution in [-0.2, 0) is 12.3 Å². The summed E-state index contributed by atoms with van der Waals surface area (Å²) in [5.74, 6) is -3.69. The maximum absolute atomic E-state index is 12.8. The summed E-state index contributed by atoms with van der Waals surface area (Å²) in [7, 11) is 0. The molecule has 0 saturated carbocycles. The summed E-state index contributed by atoms with van der Waals surface area (Å²) in [6, 6.07) is 0. The predicted octanol–water partition coefficient (Wildman–Crippen LogP) is 3.89. The average Bonchev–Trinajstić information content (AvgIpc) is 2.99. The summed E-state index contributed by atoms with van der Waals surface area (Å²) in [5, 5.41) is 7.79. The predicted molar refractivity (Wildman–Crippen MR) is 65.7 cm³/mol. The van der Waals surface area contributed by atoms with Gasteiger partial charge in [0.15, 0.2) is 0 Å². The summed E-state index contributed by atoms with van der Waals surface area (Å²) in [4.78, 5) is 4.70. The maximum atomic E-state index is 12.8. The van der Waals surface area contributed by atoms with E-state index < -0.39 is 11.8 Å². The van der Waals surface area contributed by atoms with Crippen molar-refractivity contribution < 1.29 is 13.2 Å². The second kappa shape index (κ2) is 5.99. The van der Waals surface area contributed by atoms with E-state index in [0.717, 1.165) is 11.4 Å². The number of nitrogens with zero attached hydrogens (tertiary/aromatic N) is 3. The van der Waals surface area contributed by atoms with Gasteiger partial charge in [-0.25, -0.2) is 4.98 Å². The van der Waals surface area contributed by atoms with Crippen LogP contribution in [0.25, 0.3) is 10.8 Å². The summed E-state index contributed by atoms with van der Waals surface area (Å²) in [6.07, 6.45) is 2.34. The van der Waals surface area contributed by atoms with Crippen molar-refractivity contribution in [1.82, 2.24) is 15.2 Å². The van der Waals surface area contributed by atoms with Gasteiger partial charge in [0, 0.05) is 6.92 Å². The fraction of sp³-hybridized carbons (Fsp3) is 0.545. The zero-order chi connectivity index (χ0) is 13.8. The minimum Gasteiger partial charge on any atom is -0.414 e. The zero-order valence-corrected chi connectivity index (χ0v) is 11.5. The van der Waals surface area contributed by atoms with Gasteiger partial charge in [0.1, 0.15) is 4.88 Å². The highest BCUT2D eigenvalue weighted by Gasteiger charge is 2.32. The van der Waals surface area contributed by atoms with E-state index in [1.165, 1.54) is 11.3 Å². The lowest BCUT2D eigenvalue weighted by molar-refractivity contribution is -0.0105. The van der Waals surface area contributed by atoms with E-state index in [9.17, 15) is 8.78 Å². The van der Waals surface area contributed by atoms with Gasteiger partial charge >= 0.3 is 5.92 Å². The monoisotopic (exact) mass is 275 g/mol. The second-order valence-electron chi connectivity index (χ2n) is 3.27. The minimum absolute atomic E-state index is 0.0914. The van der Waals surface area contributed by atoms with Crippen molar-refractivity contribution in [2.75, 3.05) is 0 Å². The van der Waals surface area contributed by atoms with Crippen molar-refractivity contribution in [3.05, 3.63) is 17.1 Å². The molecule has 0 fully saturated rings. The molecule has 0 amide bonds. The molecule has 0 aliphatic heterocycles. The Balaban J connectivity index is 0.000000771. The summed E-state index contributed by atoms with van der Waals surface area (Å²) >= 11 is 1.36. The highest BCUT2D eigenvalue weighted by molar-refractivity contribution is 7.15. The lowest BCUT2D eigenvalue weighted by atomic mass is 10.4. The van der Waals surface area contributed by atoms with E-state index in [1.807, 2.05) is 20.8 Å². The van der Waals surface area contributed by atoms with Crippen LogP contribution in [0.3, 0.4) is 0 Å². The molecule has 2 aromatic heterocycles. The number of alkyl halides is 2. The first-order valence-electron chi connectivity index (χ1n) is 5.67. The Morgan fingerprint density at radius 1 is 1.33 bits per heavy atom. The first kappa shape index (κ1) is 14.7. The molecule has 2 rings (SSSR count). The Morgan fingerprint density at radius 2 is 2.00 bits per heavy atom. The third-order valence-corrected chi connectivity index (χ3v) is 3.00. The first-order valence-corrected chi connectivity index (χ1v) is 6.49. The lowest BCUT2D eigenvalue weighted by Gasteiger charge is -2.01. The number of rotatable bonds is 3. The van der Waals surface area contributed by atoms with E-state index >= 15 is 0 Å². The summed E-state index contributed by atoms with van der Waals surface area (Å²) in [6.45, 7) is 6.68. The van der Waals surface area contributed by atoms with E-state index in [1.54, 1.807) is 6.20 Å². The van der Waals surface area contributed by atoms with E-state index in [2.05, 4.69) is 15.2 Å². The lowest BCUT2D eigenvalue weighted by Crippen LogP contribution is -2.06. The highest BCUT2D eigenvalue weighted by atomic mass is 32.1. The molecular formula is C11H15F2N3OS. The number of aryl methyl sites for hydroxylation is 1. The van der Waals surface area contributed by atoms with Crippen molar-refractivity contribution in [1.29, 1.82) is 0 Å². The number of hydrogen-bond donors (Lipinski definition) is 0. The van der Waals surface area contributed by atoms with Gasteiger partial charge in [-0.15, -0.1) is 21.5 Å².